The minimum Gasteiger partial charge on any atom is -0.481 e. The fraction of sp³-hybridized carbons (Fsp3) is 0.533. The van der Waals surface area contributed by atoms with Crippen LogP contribution in [0.3, 0.4) is 0 Å². The zero-order chi connectivity index (χ0) is 15.7. The average Bonchev–Trinajstić information content (AvgIpc) is 2.45. The van der Waals surface area contributed by atoms with Crippen molar-refractivity contribution in [3.05, 3.63) is 24.0 Å². The molecule has 116 valence electrons. The Bertz CT molecular complexity index is 476. The lowest BCUT2D eigenvalue weighted by Gasteiger charge is -2.14. The van der Waals surface area contributed by atoms with Gasteiger partial charge in [-0.15, -0.1) is 0 Å². The SMILES string of the molecule is CCCCCC(C)NC(=O)COc1cnccc1C(=O)O. The summed E-state index contributed by atoms with van der Waals surface area (Å²) in [5, 5.41) is 11.8. The normalized spacial score (nSPS) is 11.7. The molecule has 0 saturated carbocycles. The molecule has 1 rings (SSSR count). The molecule has 0 aliphatic carbocycles. The molecule has 1 amide bonds. The summed E-state index contributed by atoms with van der Waals surface area (Å²) in [4.78, 5) is 26.5. The molecule has 1 heterocycles. The summed E-state index contributed by atoms with van der Waals surface area (Å²) in [5.74, 6) is -1.28. The van der Waals surface area contributed by atoms with Crippen LogP contribution in [0, 0.1) is 0 Å². The van der Waals surface area contributed by atoms with Crippen LogP contribution in [-0.2, 0) is 4.79 Å². The van der Waals surface area contributed by atoms with Crippen LogP contribution in [0.25, 0.3) is 0 Å². The predicted octanol–water partition coefficient (Wildman–Crippen LogP) is 2.24. The fourth-order valence-corrected chi connectivity index (χ4v) is 1.90. The zero-order valence-electron chi connectivity index (χ0n) is 12.5. The number of hydrogen-bond acceptors (Lipinski definition) is 4. The van der Waals surface area contributed by atoms with E-state index in [1.807, 2.05) is 6.92 Å². The molecule has 6 nitrogen and oxygen atoms in total. The number of hydrogen-bond donors (Lipinski definition) is 2. The summed E-state index contributed by atoms with van der Waals surface area (Å²) in [6, 6.07) is 1.42. The number of rotatable bonds is 9. The van der Waals surface area contributed by atoms with Gasteiger partial charge in [-0.1, -0.05) is 26.2 Å². The number of carboxylic acids is 1. The van der Waals surface area contributed by atoms with Crippen LogP contribution in [-0.4, -0.2) is 34.6 Å². The summed E-state index contributed by atoms with van der Waals surface area (Å²) in [6.45, 7) is 3.86. The van der Waals surface area contributed by atoms with Gasteiger partial charge in [0.1, 0.15) is 5.56 Å². The number of carboxylic acid groups (broad SMARTS) is 1. The van der Waals surface area contributed by atoms with Crippen molar-refractivity contribution in [3.8, 4) is 5.75 Å². The largest absolute Gasteiger partial charge is 0.481 e. The Morgan fingerprint density at radius 1 is 1.43 bits per heavy atom. The highest BCUT2D eigenvalue weighted by Gasteiger charge is 2.13. The van der Waals surface area contributed by atoms with Gasteiger partial charge in [0, 0.05) is 12.2 Å². The van der Waals surface area contributed by atoms with Gasteiger partial charge in [-0.25, -0.2) is 4.79 Å². The molecule has 0 saturated heterocycles. The van der Waals surface area contributed by atoms with Crippen LogP contribution in [0.2, 0.25) is 0 Å². The van der Waals surface area contributed by atoms with E-state index >= 15 is 0 Å². The molecule has 1 unspecified atom stereocenters. The van der Waals surface area contributed by atoms with Gasteiger partial charge < -0.3 is 15.2 Å². The minimum absolute atomic E-state index is 0.00575. The smallest absolute Gasteiger partial charge is 0.339 e. The monoisotopic (exact) mass is 294 g/mol. The lowest BCUT2D eigenvalue weighted by Crippen LogP contribution is -2.36. The Morgan fingerprint density at radius 3 is 2.86 bits per heavy atom. The molecule has 0 aromatic carbocycles. The zero-order valence-corrected chi connectivity index (χ0v) is 12.5. The highest BCUT2D eigenvalue weighted by Crippen LogP contribution is 2.15. The molecule has 2 N–H and O–H groups in total. The van der Waals surface area contributed by atoms with Crippen molar-refractivity contribution in [3.63, 3.8) is 0 Å². The third kappa shape index (κ3) is 6.25. The second kappa shape index (κ2) is 8.94. The van der Waals surface area contributed by atoms with Crippen LogP contribution < -0.4 is 10.1 Å². The first-order valence-electron chi connectivity index (χ1n) is 7.14. The van der Waals surface area contributed by atoms with Gasteiger partial charge >= 0.3 is 5.97 Å². The topological polar surface area (TPSA) is 88.5 Å². The van der Waals surface area contributed by atoms with Gasteiger partial charge in [0.05, 0.1) is 6.20 Å². The van der Waals surface area contributed by atoms with Crippen molar-refractivity contribution in [2.24, 2.45) is 0 Å². The number of aromatic carboxylic acids is 1. The highest BCUT2D eigenvalue weighted by atomic mass is 16.5. The maximum absolute atomic E-state index is 11.7. The van der Waals surface area contributed by atoms with Crippen LogP contribution in [0.4, 0.5) is 0 Å². The number of carbonyl (C=O) groups excluding carboxylic acids is 1. The Balaban J connectivity index is 2.41. The number of unbranched alkanes of at least 4 members (excludes halogenated alkanes) is 2. The number of carbonyl (C=O) groups is 2. The molecule has 0 aliphatic rings. The molecule has 6 heteroatoms. The first-order valence-corrected chi connectivity index (χ1v) is 7.14. The second-order valence-corrected chi connectivity index (χ2v) is 4.93. The van der Waals surface area contributed by atoms with Gasteiger partial charge in [-0.3, -0.25) is 9.78 Å². The van der Waals surface area contributed by atoms with Crippen molar-refractivity contribution in [1.82, 2.24) is 10.3 Å². The van der Waals surface area contributed by atoms with E-state index in [2.05, 4.69) is 17.2 Å². The van der Waals surface area contributed by atoms with E-state index in [4.69, 9.17) is 9.84 Å². The van der Waals surface area contributed by atoms with E-state index in [0.29, 0.717) is 0 Å². The van der Waals surface area contributed by atoms with Crippen molar-refractivity contribution in [2.45, 2.75) is 45.6 Å². The third-order valence-electron chi connectivity index (χ3n) is 3.02. The number of pyridine rings is 1. The molecule has 0 spiro atoms. The first kappa shape index (κ1) is 16.9. The summed E-state index contributed by atoms with van der Waals surface area (Å²) in [5.41, 5.74) is -0.00575. The van der Waals surface area contributed by atoms with Gasteiger partial charge in [0.2, 0.25) is 0 Å². The number of nitrogens with zero attached hydrogens (tertiary/aromatic N) is 1. The van der Waals surface area contributed by atoms with Crippen LogP contribution in [0.15, 0.2) is 18.5 Å². The maximum Gasteiger partial charge on any atom is 0.339 e. The van der Waals surface area contributed by atoms with Crippen molar-refractivity contribution >= 4 is 11.9 Å². The van der Waals surface area contributed by atoms with Crippen molar-refractivity contribution < 1.29 is 19.4 Å². The number of nitrogens with one attached hydrogen (secondary N) is 1. The molecule has 0 fully saturated rings. The van der Waals surface area contributed by atoms with E-state index in [0.717, 1.165) is 25.7 Å². The van der Waals surface area contributed by atoms with E-state index in [-0.39, 0.29) is 29.9 Å². The van der Waals surface area contributed by atoms with E-state index in [1.165, 1.54) is 18.5 Å². The summed E-state index contributed by atoms with van der Waals surface area (Å²) < 4.78 is 5.23. The summed E-state index contributed by atoms with van der Waals surface area (Å²) in [7, 11) is 0. The molecule has 1 atom stereocenters. The quantitative estimate of drug-likeness (QED) is 0.682. The van der Waals surface area contributed by atoms with Crippen LogP contribution >= 0.6 is 0 Å². The van der Waals surface area contributed by atoms with Crippen molar-refractivity contribution in [2.75, 3.05) is 6.61 Å². The summed E-state index contributed by atoms with van der Waals surface area (Å²) in [6.07, 6.45) is 6.95. The number of aromatic nitrogens is 1. The van der Waals surface area contributed by atoms with Crippen LogP contribution in [0.1, 0.15) is 49.9 Å². The molecule has 21 heavy (non-hydrogen) atoms. The lowest BCUT2D eigenvalue weighted by molar-refractivity contribution is -0.123. The maximum atomic E-state index is 11.7. The Labute approximate surface area is 124 Å². The first-order chi connectivity index (χ1) is 10.0. The van der Waals surface area contributed by atoms with Gasteiger partial charge in [-0.2, -0.15) is 0 Å². The van der Waals surface area contributed by atoms with E-state index in [9.17, 15) is 9.59 Å². The molecular formula is C15H22N2O4. The van der Waals surface area contributed by atoms with Crippen LogP contribution in [0.5, 0.6) is 5.75 Å². The Kier molecular flexibility index (Phi) is 7.21. The molecule has 0 bridgehead atoms. The second-order valence-electron chi connectivity index (χ2n) is 4.93. The minimum atomic E-state index is -1.11. The number of amides is 1. The lowest BCUT2D eigenvalue weighted by atomic mass is 10.1. The van der Waals surface area contributed by atoms with Crippen molar-refractivity contribution in [1.29, 1.82) is 0 Å². The molecule has 0 radical (unpaired) electrons. The molecule has 1 aromatic heterocycles. The predicted molar refractivity (Wildman–Crippen MR) is 78.4 cm³/mol. The molecule has 0 aliphatic heterocycles. The standard InChI is InChI=1S/C15H22N2O4/c1-3-4-5-6-11(2)17-14(18)10-21-13-9-16-8-7-12(13)15(19)20/h7-9,11H,3-6,10H2,1-2H3,(H,17,18)(H,19,20). The number of ether oxygens (including phenoxy) is 1. The fourth-order valence-electron chi connectivity index (χ4n) is 1.90. The summed E-state index contributed by atoms with van der Waals surface area (Å²) >= 11 is 0. The van der Waals surface area contributed by atoms with Gasteiger partial charge in [-0.05, 0) is 19.4 Å². The average molecular weight is 294 g/mol. The van der Waals surface area contributed by atoms with Gasteiger partial charge in [0.15, 0.2) is 12.4 Å². The van der Waals surface area contributed by atoms with E-state index in [1.54, 1.807) is 0 Å². The molecule has 1 aromatic rings. The molecular weight excluding hydrogens is 272 g/mol. The Hall–Kier alpha value is -2.11. The van der Waals surface area contributed by atoms with E-state index < -0.39 is 5.97 Å². The highest BCUT2D eigenvalue weighted by molar-refractivity contribution is 5.90. The third-order valence-corrected chi connectivity index (χ3v) is 3.02. The Morgan fingerprint density at radius 2 is 2.19 bits per heavy atom. The van der Waals surface area contributed by atoms with Gasteiger partial charge in [0.25, 0.3) is 5.91 Å².